The maximum absolute atomic E-state index is 12.6. The van der Waals surface area contributed by atoms with Gasteiger partial charge in [-0.1, -0.05) is 18.6 Å². The van der Waals surface area contributed by atoms with Gasteiger partial charge in [-0.05, 0) is 68.9 Å². The summed E-state index contributed by atoms with van der Waals surface area (Å²) in [4.78, 5) is 31.1. The Morgan fingerprint density at radius 2 is 1.84 bits per heavy atom. The number of nitrogens with zero attached hydrogens (tertiary/aromatic N) is 3. The highest BCUT2D eigenvalue weighted by Crippen LogP contribution is 2.42. The summed E-state index contributed by atoms with van der Waals surface area (Å²) in [5.74, 6) is -0.0538. The van der Waals surface area contributed by atoms with Crippen molar-refractivity contribution in [1.82, 2.24) is 9.55 Å². The number of aliphatic carboxylic acids is 1. The molecule has 2 N–H and O–H groups in total. The highest BCUT2D eigenvalue weighted by atomic mass is 16.5. The predicted octanol–water partition coefficient (Wildman–Crippen LogP) is 4.85. The number of benzene rings is 2. The summed E-state index contributed by atoms with van der Waals surface area (Å²) in [6.07, 6.45) is 2.79. The summed E-state index contributed by atoms with van der Waals surface area (Å²) < 4.78 is 12.4. The molecule has 3 aromatic rings. The maximum Gasteiger partial charge on any atom is 0.414 e. The quantitative estimate of drug-likeness (QED) is 0.507. The summed E-state index contributed by atoms with van der Waals surface area (Å²) in [6, 6.07) is 10.9. The van der Waals surface area contributed by atoms with Crippen molar-refractivity contribution in [2.45, 2.75) is 63.6 Å². The van der Waals surface area contributed by atoms with E-state index in [1.807, 2.05) is 35.8 Å². The summed E-state index contributed by atoms with van der Waals surface area (Å²) in [5, 5.41) is 21.3. The van der Waals surface area contributed by atoms with E-state index < -0.39 is 24.1 Å². The van der Waals surface area contributed by atoms with Gasteiger partial charge in [-0.3, -0.25) is 9.69 Å². The standard InChI is InChI=1S/C28H33N3O6/c1-16-7-12-21-22(30(16)28(35)37-3)13-14-23-24(21)29-26(25(32)17-8-10-20(36-2)11-9-17)31(23)19-6-4-5-18(15-19)27(33)34/h8-11,13-14,16,18-19,25,32H,4-7,12,15H2,1-3H3,(H,33,34)/t16-,18+,19+,25-/m0/s1. The fourth-order valence-corrected chi connectivity index (χ4v) is 5.93. The molecule has 196 valence electrons. The number of aromatic nitrogens is 2. The molecule has 2 heterocycles. The lowest BCUT2D eigenvalue weighted by Crippen LogP contribution is -2.42. The van der Waals surface area contributed by atoms with Crippen LogP contribution >= 0.6 is 0 Å². The van der Waals surface area contributed by atoms with Crippen molar-refractivity contribution in [3.05, 3.63) is 53.3 Å². The van der Waals surface area contributed by atoms with Crippen molar-refractivity contribution in [2.75, 3.05) is 19.1 Å². The van der Waals surface area contributed by atoms with E-state index >= 15 is 0 Å². The summed E-state index contributed by atoms with van der Waals surface area (Å²) in [6.45, 7) is 2.00. The second-order valence-corrected chi connectivity index (χ2v) is 10.0. The Morgan fingerprint density at radius 1 is 1.08 bits per heavy atom. The minimum absolute atomic E-state index is 0.0153. The number of ether oxygens (including phenoxy) is 2. The van der Waals surface area contributed by atoms with Crippen LogP contribution in [-0.4, -0.2) is 52.1 Å². The van der Waals surface area contributed by atoms with Gasteiger partial charge < -0.3 is 24.3 Å². The second-order valence-electron chi connectivity index (χ2n) is 10.0. The molecule has 1 aromatic heterocycles. The van der Waals surface area contributed by atoms with Gasteiger partial charge in [-0.15, -0.1) is 0 Å². The van der Waals surface area contributed by atoms with Crippen LogP contribution in [0, 0.1) is 5.92 Å². The number of carbonyl (C=O) groups is 2. The molecule has 0 bridgehead atoms. The van der Waals surface area contributed by atoms with Crippen LogP contribution in [0.4, 0.5) is 10.5 Å². The Morgan fingerprint density at radius 3 is 2.51 bits per heavy atom. The van der Waals surface area contributed by atoms with Crippen molar-refractivity contribution < 1.29 is 29.3 Å². The Hall–Kier alpha value is -3.59. The van der Waals surface area contributed by atoms with Crippen LogP contribution in [-0.2, 0) is 16.0 Å². The molecule has 1 fully saturated rings. The van der Waals surface area contributed by atoms with E-state index in [-0.39, 0.29) is 12.1 Å². The third kappa shape index (κ3) is 4.41. The number of aliphatic hydroxyl groups is 1. The Bertz CT molecular complexity index is 1320. The average molecular weight is 508 g/mol. The van der Waals surface area contributed by atoms with Crippen molar-refractivity contribution in [3.63, 3.8) is 0 Å². The first-order chi connectivity index (χ1) is 17.8. The van der Waals surface area contributed by atoms with Crippen LogP contribution in [0.2, 0.25) is 0 Å². The normalized spacial score (nSPS) is 22.4. The zero-order valence-corrected chi connectivity index (χ0v) is 21.4. The number of carbonyl (C=O) groups excluding carboxylic acids is 1. The molecule has 5 rings (SSSR count). The summed E-state index contributed by atoms with van der Waals surface area (Å²) >= 11 is 0. The molecule has 9 nitrogen and oxygen atoms in total. The number of anilines is 1. The lowest BCUT2D eigenvalue weighted by atomic mass is 9.85. The molecule has 4 atom stereocenters. The van der Waals surface area contributed by atoms with Crippen molar-refractivity contribution >= 4 is 28.8 Å². The lowest BCUT2D eigenvalue weighted by Gasteiger charge is -2.34. The van der Waals surface area contributed by atoms with Gasteiger partial charge in [0.05, 0.1) is 36.9 Å². The smallest absolute Gasteiger partial charge is 0.414 e. The van der Waals surface area contributed by atoms with E-state index in [4.69, 9.17) is 14.5 Å². The molecule has 2 aromatic carbocycles. The molecule has 0 radical (unpaired) electrons. The summed E-state index contributed by atoms with van der Waals surface area (Å²) in [5.41, 5.74) is 3.95. The van der Waals surface area contributed by atoms with E-state index in [0.29, 0.717) is 30.0 Å². The topological polar surface area (TPSA) is 114 Å². The third-order valence-electron chi connectivity index (χ3n) is 7.89. The van der Waals surface area contributed by atoms with Crippen LogP contribution in [0.3, 0.4) is 0 Å². The molecule has 1 aliphatic carbocycles. The van der Waals surface area contributed by atoms with E-state index in [0.717, 1.165) is 48.0 Å². The minimum Gasteiger partial charge on any atom is -0.497 e. The number of amides is 1. The third-order valence-corrected chi connectivity index (χ3v) is 7.89. The number of aryl methyl sites for hydroxylation is 1. The number of carboxylic acid groups (broad SMARTS) is 1. The molecule has 1 amide bonds. The number of methoxy groups -OCH3 is 2. The number of carboxylic acids is 1. The van der Waals surface area contributed by atoms with Crippen LogP contribution in [0.25, 0.3) is 11.0 Å². The monoisotopic (exact) mass is 507 g/mol. The first-order valence-corrected chi connectivity index (χ1v) is 12.8. The summed E-state index contributed by atoms with van der Waals surface area (Å²) in [7, 11) is 2.97. The highest BCUT2D eigenvalue weighted by Gasteiger charge is 2.35. The Kier molecular flexibility index (Phi) is 6.81. The molecule has 37 heavy (non-hydrogen) atoms. The highest BCUT2D eigenvalue weighted by molar-refractivity contribution is 5.95. The Labute approximate surface area is 215 Å². The first kappa shape index (κ1) is 25.1. The molecule has 9 heteroatoms. The first-order valence-electron chi connectivity index (χ1n) is 12.8. The molecule has 0 saturated heterocycles. The van der Waals surface area contributed by atoms with Crippen LogP contribution in [0.5, 0.6) is 5.75 Å². The van der Waals surface area contributed by atoms with Gasteiger partial charge >= 0.3 is 12.1 Å². The van der Waals surface area contributed by atoms with Gasteiger partial charge in [0.15, 0.2) is 0 Å². The minimum atomic E-state index is -1.02. The van der Waals surface area contributed by atoms with Crippen LogP contribution < -0.4 is 9.64 Å². The molecule has 0 unspecified atom stereocenters. The van der Waals surface area contributed by atoms with E-state index in [9.17, 15) is 19.8 Å². The number of hydrogen-bond donors (Lipinski definition) is 2. The second kappa shape index (κ2) is 10.0. The van der Waals surface area contributed by atoms with Gasteiger partial charge in [-0.2, -0.15) is 0 Å². The fraction of sp³-hybridized carbons (Fsp3) is 0.464. The van der Waals surface area contributed by atoms with Gasteiger partial charge in [0.1, 0.15) is 17.7 Å². The fourth-order valence-electron chi connectivity index (χ4n) is 5.93. The van der Waals surface area contributed by atoms with Crippen molar-refractivity contribution in [1.29, 1.82) is 0 Å². The number of imidazole rings is 1. The number of rotatable bonds is 5. The van der Waals surface area contributed by atoms with Crippen LogP contribution in [0.15, 0.2) is 36.4 Å². The number of fused-ring (bicyclic) bond motifs is 3. The number of hydrogen-bond acceptors (Lipinski definition) is 6. The zero-order chi connectivity index (χ0) is 26.3. The lowest BCUT2D eigenvalue weighted by molar-refractivity contribution is -0.143. The molecule has 0 spiro atoms. The van der Waals surface area contributed by atoms with Crippen LogP contribution in [0.1, 0.15) is 68.1 Å². The van der Waals surface area contributed by atoms with E-state index in [2.05, 4.69) is 0 Å². The Balaban J connectivity index is 1.67. The number of aliphatic hydroxyl groups excluding tert-OH is 1. The van der Waals surface area contributed by atoms with Gasteiger partial charge in [0.2, 0.25) is 0 Å². The SMILES string of the molecule is COC(=O)N1c2ccc3c(nc([C@@H](O)c4ccc(OC)cc4)n3[C@@H]3CCC[C@@H](C(=O)O)C3)c2CC[C@@H]1C. The maximum atomic E-state index is 12.6. The van der Waals surface area contributed by atoms with E-state index in [1.165, 1.54) is 7.11 Å². The van der Waals surface area contributed by atoms with Crippen molar-refractivity contribution in [3.8, 4) is 5.75 Å². The molecular weight excluding hydrogens is 474 g/mol. The van der Waals surface area contributed by atoms with Gasteiger partial charge in [0.25, 0.3) is 0 Å². The van der Waals surface area contributed by atoms with E-state index in [1.54, 1.807) is 24.1 Å². The molecule has 2 aliphatic rings. The van der Waals surface area contributed by atoms with Gasteiger partial charge in [-0.25, -0.2) is 9.78 Å². The zero-order valence-electron chi connectivity index (χ0n) is 21.4. The predicted molar refractivity (Wildman–Crippen MR) is 138 cm³/mol. The van der Waals surface area contributed by atoms with Gasteiger partial charge in [0, 0.05) is 17.6 Å². The molecule has 1 aliphatic heterocycles. The largest absolute Gasteiger partial charge is 0.497 e. The van der Waals surface area contributed by atoms with Crippen molar-refractivity contribution in [2.24, 2.45) is 5.92 Å². The molecular formula is C28H33N3O6. The average Bonchev–Trinajstić information content (AvgIpc) is 3.32. The molecule has 1 saturated carbocycles.